The SMILES string of the molecule is CSc1ccc2c(c1)SN(C)c1ccccc1C2O. The number of aliphatic hydroxyl groups excluding tert-OH is 1. The smallest absolute Gasteiger partial charge is 0.107 e. The van der Waals surface area contributed by atoms with Crippen molar-refractivity contribution in [2.24, 2.45) is 0 Å². The number of hydrogen-bond donors (Lipinski definition) is 1. The van der Waals surface area contributed by atoms with E-state index in [0.29, 0.717) is 0 Å². The van der Waals surface area contributed by atoms with Crippen LogP contribution < -0.4 is 4.31 Å². The number of anilines is 1. The van der Waals surface area contributed by atoms with Crippen LogP contribution in [0.5, 0.6) is 0 Å². The van der Waals surface area contributed by atoms with Crippen LogP contribution in [0.3, 0.4) is 0 Å². The normalized spacial score (nSPS) is 17.6. The molecule has 1 heterocycles. The van der Waals surface area contributed by atoms with Gasteiger partial charge in [0.25, 0.3) is 0 Å². The Morgan fingerprint density at radius 2 is 1.95 bits per heavy atom. The third kappa shape index (κ3) is 2.24. The second kappa shape index (κ2) is 5.12. The summed E-state index contributed by atoms with van der Waals surface area (Å²) in [7, 11) is 2.04. The average molecular weight is 289 g/mol. The number of aliphatic hydroxyl groups is 1. The van der Waals surface area contributed by atoms with Gasteiger partial charge in [0, 0.05) is 28.0 Å². The van der Waals surface area contributed by atoms with Gasteiger partial charge in [-0.15, -0.1) is 11.8 Å². The van der Waals surface area contributed by atoms with E-state index in [4.69, 9.17) is 0 Å². The van der Waals surface area contributed by atoms with E-state index in [1.807, 2.05) is 37.4 Å². The molecule has 0 saturated heterocycles. The Morgan fingerprint density at radius 1 is 1.16 bits per heavy atom. The summed E-state index contributed by atoms with van der Waals surface area (Å²) in [5, 5.41) is 10.6. The van der Waals surface area contributed by atoms with Gasteiger partial charge in [-0.3, -0.25) is 0 Å². The molecule has 2 aromatic rings. The second-order valence-electron chi connectivity index (χ2n) is 4.45. The summed E-state index contributed by atoms with van der Waals surface area (Å²) < 4.78 is 2.12. The summed E-state index contributed by atoms with van der Waals surface area (Å²) in [6.07, 6.45) is 1.51. The van der Waals surface area contributed by atoms with Crippen LogP contribution in [0.15, 0.2) is 52.3 Å². The standard InChI is InChI=1S/C15H15NOS2/c1-16-13-6-4-3-5-11(13)15(17)12-8-7-10(18-2)9-14(12)19-16/h3-9,15,17H,1-2H3. The molecule has 0 saturated carbocycles. The first-order chi connectivity index (χ1) is 9.20. The van der Waals surface area contributed by atoms with Gasteiger partial charge in [-0.1, -0.05) is 24.3 Å². The Hall–Kier alpha value is -1.10. The van der Waals surface area contributed by atoms with Crippen LogP contribution in [0.4, 0.5) is 5.69 Å². The molecule has 1 atom stereocenters. The number of benzene rings is 2. The van der Waals surface area contributed by atoms with E-state index in [0.717, 1.165) is 21.7 Å². The molecule has 1 N–H and O–H groups in total. The minimum absolute atomic E-state index is 0.556. The van der Waals surface area contributed by atoms with Crippen LogP contribution in [0, 0.1) is 0 Å². The third-order valence-electron chi connectivity index (χ3n) is 3.32. The van der Waals surface area contributed by atoms with Crippen molar-refractivity contribution in [3.8, 4) is 0 Å². The first kappa shape index (κ1) is 12.9. The fourth-order valence-corrected chi connectivity index (χ4v) is 3.86. The topological polar surface area (TPSA) is 23.5 Å². The molecule has 0 amide bonds. The summed E-state index contributed by atoms with van der Waals surface area (Å²) in [5.41, 5.74) is 3.02. The van der Waals surface area contributed by atoms with Gasteiger partial charge in [-0.05, 0) is 36.4 Å². The van der Waals surface area contributed by atoms with Crippen LogP contribution in [0.1, 0.15) is 17.2 Å². The zero-order valence-corrected chi connectivity index (χ0v) is 12.5. The molecule has 1 aliphatic rings. The van der Waals surface area contributed by atoms with E-state index in [-0.39, 0.29) is 0 Å². The summed E-state index contributed by atoms with van der Waals surface area (Å²) in [6, 6.07) is 14.3. The van der Waals surface area contributed by atoms with Gasteiger partial charge in [-0.25, -0.2) is 0 Å². The molecule has 0 bridgehead atoms. The second-order valence-corrected chi connectivity index (χ2v) is 6.50. The molecule has 0 aliphatic carbocycles. The van der Waals surface area contributed by atoms with Crippen molar-refractivity contribution in [3.05, 3.63) is 53.6 Å². The van der Waals surface area contributed by atoms with Crippen molar-refractivity contribution in [2.45, 2.75) is 15.9 Å². The first-order valence-corrected chi connectivity index (χ1v) is 8.07. The maximum Gasteiger partial charge on any atom is 0.107 e. The fraction of sp³-hybridized carbons (Fsp3) is 0.200. The molecule has 0 aromatic heterocycles. The van der Waals surface area contributed by atoms with Crippen LogP contribution in [-0.4, -0.2) is 18.4 Å². The van der Waals surface area contributed by atoms with Gasteiger partial charge < -0.3 is 9.41 Å². The quantitative estimate of drug-likeness (QED) is 0.634. The van der Waals surface area contributed by atoms with Crippen LogP contribution >= 0.6 is 23.7 Å². The molecule has 98 valence electrons. The number of nitrogens with zero attached hydrogens (tertiary/aromatic N) is 1. The Labute approximate surface area is 122 Å². The van der Waals surface area contributed by atoms with Gasteiger partial charge in [0.2, 0.25) is 0 Å². The molecule has 2 nitrogen and oxygen atoms in total. The zero-order chi connectivity index (χ0) is 13.4. The monoisotopic (exact) mass is 289 g/mol. The van der Waals surface area contributed by atoms with Crippen molar-refractivity contribution in [3.63, 3.8) is 0 Å². The van der Waals surface area contributed by atoms with Gasteiger partial charge in [0.15, 0.2) is 0 Å². The lowest BCUT2D eigenvalue weighted by Gasteiger charge is -2.18. The number of thioether (sulfide) groups is 1. The molecule has 0 spiro atoms. The highest BCUT2D eigenvalue weighted by Crippen LogP contribution is 2.43. The number of fused-ring (bicyclic) bond motifs is 2. The van der Waals surface area contributed by atoms with Crippen LogP contribution in [0.2, 0.25) is 0 Å². The molecule has 4 heteroatoms. The third-order valence-corrected chi connectivity index (χ3v) is 5.07. The highest BCUT2D eigenvalue weighted by atomic mass is 32.2. The Morgan fingerprint density at radius 3 is 2.74 bits per heavy atom. The molecule has 2 aromatic carbocycles. The lowest BCUT2D eigenvalue weighted by molar-refractivity contribution is 0.218. The van der Waals surface area contributed by atoms with Crippen molar-refractivity contribution < 1.29 is 5.11 Å². The summed E-state index contributed by atoms with van der Waals surface area (Å²) in [6.45, 7) is 0. The Balaban J connectivity index is 2.16. The summed E-state index contributed by atoms with van der Waals surface area (Å²) >= 11 is 3.39. The minimum Gasteiger partial charge on any atom is -0.384 e. The molecular formula is C15H15NOS2. The summed E-state index contributed by atoms with van der Waals surface area (Å²) in [5.74, 6) is 0. The molecular weight excluding hydrogens is 274 g/mol. The molecule has 0 fully saturated rings. The largest absolute Gasteiger partial charge is 0.384 e. The molecule has 1 aliphatic heterocycles. The molecule has 1 unspecified atom stereocenters. The zero-order valence-electron chi connectivity index (χ0n) is 10.8. The predicted molar refractivity (Wildman–Crippen MR) is 83.0 cm³/mol. The molecule has 19 heavy (non-hydrogen) atoms. The van der Waals surface area contributed by atoms with Gasteiger partial charge in [-0.2, -0.15) is 0 Å². The highest BCUT2D eigenvalue weighted by molar-refractivity contribution is 8.01. The minimum atomic E-state index is -0.556. The maximum atomic E-state index is 10.6. The summed E-state index contributed by atoms with van der Waals surface area (Å²) in [4.78, 5) is 2.34. The van der Waals surface area contributed by atoms with Crippen molar-refractivity contribution in [1.29, 1.82) is 0 Å². The van der Waals surface area contributed by atoms with E-state index >= 15 is 0 Å². The van der Waals surface area contributed by atoms with Crippen molar-refractivity contribution in [2.75, 3.05) is 17.6 Å². The molecule has 3 rings (SSSR count). The van der Waals surface area contributed by atoms with E-state index in [9.17, 15) is 5.11 Å². The van der Waals surface area contributed by atoms with Crippen LogP contribution in [-0.2, 0) is 0 Å². The van der Waals surface area contributed by atoms with E-state index in [2.05, 4.69) is 22.7 Å². The van der Waals surface area contributed by atoms with Crippen molar-refractivity contribution in [1.82, 2.24) is 0 Å². The van der Waals surface area contributed by atoms with Gasteiger partial charge in [0.1, 0.15) is 6.10 Å². The Kier molecular flexibility index (Phi) is 3.48. The van der Waals surface area contributed by atoms with E-state index in [1.54, 1.807) is 23.7 Å². The Bertz CT molecular complexity index is 615. The number of hydrogen-bond acceptors (Lipinski definition) is 4. The van der Waals surface area contributed by atoms with E-state index < -0.39 is 6.10 Å². The van der Waals surface area contributed by atoms with Crippen molar-refractivity contribution >= 4 is 29.4 Å². The number of rotatable bonds is 1. The molecule has 0 radical (unpaired) electrons. The lowest BCUT2D eigenvalue weighted by atomic mass is 10.00. The maximum absolute atomic E-state index is 10.6. The highest BCUT2D eigenvalue weighted by Gasteiger charge is 2.24. The lowest BCUT2D eigenvalue weighted by Crippen LogP contribution is -2.07. The van der Waals surface area contributed by atoms with E-state index in [1.165, 1.54) is 4.90 Å². The van der Waals surface area contributed by atoms with Gasteiger partial charge in [0.05, 0.1) is 5.69 Å². The number of para-hydroxylation sites is 1. The van der Waals surface area contributed by atoms with Crippen LogP contribution in [0.25, 0.3) is 0 Å². The first-order valence-electron chi connectivity index (χ1n) is 6.07. The predicted octanol–water partition coefficient (Wildman–Crippen LogP) is 3.95. The fourth-order valence-electron chi connectivity index (χ4n) is 2.32. The van der Waals surface area contributed by atoms with Gasteiger partial charge >= 0.3 is 0 Å². The average Bonchev–Trinajstić information content (AvgIpc) is 2.55.